The first-order valence-electron chi connectivity index (χ1n) is 10.2. The summed E-state index contributed by atoms with van der Waals surface area (Å²) in [6.07, 6.45) is -1.50. The molecule has 1 aliphatic heterocycles. The van der Waals surface area contributed by atoms with E-state index in [1.165, 1.54) is 18.1 Å². The lowest BCUT2D eigenvalue weighted by Crippen LogP contribution is -2.24. The Bertz CT molecular complexity index is 1010. The van der Waals surface area contributed by atoms with Crippen molar-refractivity contribution in [2.45, 2.75) is 46.2 Å². The number of likely N-dealkylation sites (tertiary alicyclic amines) is 1. The molecule has 4 rings (SSSR count). The van der Waals surface area contributed by atoms with Gasteiger partial charge in [-0.25, -0.2) is 9.37 Å². The van der Waals surface area contributed by atoms with Crippen LogP contribution in [0.3, 0.4) is 0 Å². The molecule has 2 atom stereocenters. The van der Waals surface area contributed by atoms with Crippen LogP contribution in [0.1, 0.15) is 29.4 Å². The second kappa shape index (κ2) is 8.53. The number of imidazole rings is 1. The van der Waals surface area contributed by atoms with E-state index >= 15 is 0 Å². The fourth-order valence-corrected chi connectivity index (χ4v) is 3.83. The first-order valence-corrected chi connectivity index (χ1v) is 10.2. The van der Waals surface area contributed by atoms with Gasteiger partial charge in [-0.15, -0.1) is 0 Å². The van der Waals surface area contributed by atoms with Crippen molar-refractivity contribution in [3.63, 3.8) is 0 Å². The van der Waals surface area contributed by atoms with Gasteiger partial charge in [0.05, 0.1) is 11.0 Å². The summed E-state index contributed by atoms with van der Waals surface area (Å²) in [6, 6.07) is 11.7. The second-order valence-corrected chi connectivity index (χ2v) is 8.07. The SMILES string of the molecule is CC(=O)Nc1ccc(CN2CC(F)C(OCc3nc4cc(C)c(C)cc4[nH]3)C2)cc1. The number of aromatic nitrogens is 2. The normalized spacial score (nSPS) is 19.5. The Morgan fingerprint density at radius 2 is 1.97 bits per heavy atom. The van der Waals surface area contributed by atoms with E-state index in [4.69, 9.17) is 4.74 Å². The quantitative estimate of drug-likeness (QED) is 0.647. The molecule has 0 radical (unpaired) electrons. The van der Waals surface area contributed by atoms with E-state index in [-0.39, 0.29) is 12.5 Å². The Morgan fingerprint density at radius 3 is 2.70 bits per heavy atom. The fourth-order valence-electron chi connectivity index (χ4n) is 3.83. The van der Waals surface area contributed by atoms with Crippen molar-refractivity contribution in [2.24, 2.45) is 0 Å². The second-order valence-electron chi connectivity index (χ2n) is 8.07. The Labute approximate surface area is 175 Å². The molecule has 2 heterocycles. The number of H-pyrrole nitrogens is 1. The van der Waals surface area contributed by atoms with Gasteiger partial charge in [0.25, 0.3) is 0 Å². The van der Waals surface area contributed by atoms with Gasteiger partial charge in [-0.05, 0) is 54.8 Å². The summed E-state index contributed by atoms with van der Waals surface area (Å²) in [5.41, 5.74) is 6.11. The van der Waals surface area contributed by atoms with E-state index in [2.05, 4.69) is 41.3 Å². The first kappa shape index (κ1) is 20.5. The zero-order valence-electron chi connectivity index (χ0n) is 17.5. The van der Waals surface area contributed by atoms with Crippen LogP contribution in [-0.2, 0) is 22.7 Å². The minimum Gasteiger partial charge on any atom is -0.366 e. The number of ether oxygens (including phenoxy) is 1. The Morgan fingerprint density at radius 1 is 1.23 bits per heavy atom. The van der Waals surface area contributed by atoms with Crippen molar-refractivity contribution in [1.82, 2.24) is 14.9 Å². The highest BCUT2D eigenvalue weighted by molar-refractivity contribution is 5.88. The Kier molecular flexibility index (Phi) is 5.83. The van der Waals surface area contributed by atoms with Gasteiger partial charge >= 0.3 is 0 Å². The van der Waals surface area contributed by atoms with Crippen molar-refractivity contribution in [3.8, 4) is 0 Å². The van der Waals surface area contributed by atoms with Gasteiger partial charge in [0.1, 0.15) is 24.7 Å². The van der Waals surface area contributed by atoms with Crippen LogP contribution in [0.25, 0.3) is 11.0 Å². The molecule has 7 heteroatoms. The number of hydrogen-bond donors (Lipinski definition) is 2. The number of rotatable bonds is 6. The lowest BCUT2D eigenvalue weighted by Gasteiger charge is -2.16. The standard InChI is InChI=1S/C23H27FN4O2/c1-14-8-20-21(9-15(14)2)27-23(26-20)13-30-22-12-28(11-19(22)24)10-17-4-6-18(7-5-17)25-16(3)29/h4-9,19,22H,10-13H2,1-3H3,(H,25,29)(H,26,27). The Hall–Kier alpha value is -2.77. The summed E-state index contributed by atoms with van der Waals surface area (Å²) < 4.78 is 20.4. The summed E-state index contributed by atoms with van der Waals surface area (Å²) in [7, 11) is 0. The number of carbonyl (C=O) groups is 1. The maximum atomic E-state index is 14.5. The first-order chi connectivity index (χ1) is 14.4. The molecule has 2 unspecified atom stereocenters. The molecule has 0 aliphatic carbocycles. The highest BCUT2D eigenvalue weighted by Gasteiger charge is 2.33. The number of aryl methyl sites for hydroxylation is 2. The topological polar surface area (TPSA) is 70.2 Å². The third kappa shape index (κ3) is 4.68. The maximum Gasteiger partial charge on any atom is 0.221 e. The van der Waals surface area contributed by atoms with Crippen molar-refractivity contribution in [2.75, 3.05) is 18.4 Å². The third-order valence-corrected chi connectivity index (χ3v) is 5.54. The van der Waals surface area contributed by atoms with Crippen LogP contribution < -0.4 is 5.32 Å². The van der Waals surface area contributed by atoms with Crippen molar-refractivity contribution < 1.29 is 13.9 Å². The number of benzene rings is 2. The molecule has 1 saturated heterocycles. The van der Waals surface area contributed by atoms with Crippen LogP contribution in [-0.4, -0.2) is 46.1 Å². The molecule has 1 amide bonds. The molecular formula is C23H27FN4O2. The average Bonchev–Trinajstić information content (AvgIpc) is 3.24. The Balaban J connectivity index is 1.32. The van der Waals surface area contributed by atoms with Crippen LogP contribution in [0, 0.1) is 13.8 Å². The van der Waals surface area contributed by atoms with Gasteiger partial charge in [-0.2, -0.15) is 0 Å². The summed E-state index contributed by atoms with van der Waals surface area (Å²) >= 11 is 0. The van der Waals surface area contributed by atoms with Gasteiger partial charge in [-0.1, -0.05) is 12.1 Å². The predicted octanol–water partition coefficient (Wildman–Crippen LogP) is 3.88. The van der Waals surface area contributed by atoms with Crippen molar-refractivity contribution in [3.05, 3.63) is 58.9 Å². The minimum atomic E-state index is -1.03. The lowest BCUT2D eigenvalue weighted by atomic mass is 10.1. The van der Waals surface area contributed by atoms with Gasteiger partial charge in [0.15, 0.2) is 0 Å². The number of carbonyl (C=O) groups excluding carboxylic acids is 1. The molecule has 1 fully saturated rings. The monoisotopic (exact) mass is 410 g/mol. The number of alkyl halides is 1. The molecule has 2 aromatic carbocycles. The van der Waals surface area contributed by atoms with E-state index in [1.54, 1.807) is 0 Å². The largest absolute Gasteiger partial charge is 0.366 e. The summed E-state index contributed by atoms with van der Waals surface area (Å²) in [5.74, 6) is 0.617. The van der Waals surface area contributed by atoms with Crippen LogP contribution in [0.5, 0.6) is 0 Å². The molecule has 0 spiro atoms. The van der Waals surface area contributed by atoms with Crippen LogP contribution in [0.15, 0.2) is 36.4 Å². The van der Waals surface area contributed by atoms with E-state index in [0.29, 0.717) is 25.5 Å². The third-order valence-electron chi connectivity index (χ3n) is 5.54. The summed E-state index contributed by atoms with van der Waals surface area (Å²) in [5, 5.41) is 2.75. The summed E-state index contributed by atoms with van der Waals surface area (Å²) in [4.78, 5) is 21.0. The molecule has 1 aliphatic rings. The minimum absolute atomic E-state index is 0.0997. The molecule has 158 valence electrons. The number of fused-ring (bicyclic) bond motifs is 1. The number of nitrogens with zero attached hydrogens (tertiary/aromatic N) is 2. The molecule has 1 aromatic heterocycles. The fraction of sp³-hybridized carbons (Fsp3) is 0.391. The maximum absolute atomic E-state index is 14.5. The number of aromatic amines is 1. The highest BCUT2D eigenvalue weighted by atomic mass is 19.1. The predicted molar refractivity (Wildman–Crippen MR) is 115 cm³/mol. The van der Waals surface area contributed by atoms with Crippen molar-refractivity contribution >= 4 is 22.6 Å². The van der Waals surface area contributed by atoms with E-state index in [9.17, 15) is 9.18 Å². The van der Waals surface area contributed by atoms with Gasteiger partial charge in [0.2, 0.25) is 5.91 Å². The highest BCUT2D eigenvalue weighted by Crippen LogP contribution is 2.22. The molecule has 3 aromatic rings. The van der Waals surface area contributed by atoms with Crippen LogP contribution in [0.4, 0.5) is 10.1 Å². The zero-order chi connectivity index (χ0) is 21.3. The number of nitrogens with one attached hydrogen (secondary N) is 2. The van der Waals surface area contributed by atoms with Crippen LogP contribution in [0.2, 0.25) is 0 Å². The van der Waals surface area contributed by atoms with Gasteiger partial charge < -0.3 is 15.0 Å². The number of hydrogen-bond acceptors (Lipinski definition) is 4. The number of anilines is 1. The van der Waals surface area contributed by atoms with E-state index < -0.39 is 12.3 Å². The van der Waals surface area contributed by atoms with Gasteiger partial charge in [-0.3, -0.25) is 9.69 Å². The van der Waals surface area contributed by atoms with Gasteiger partial charge in [0, 0.05) is 32.2 Å². The van der Waals surface area contributed by atoms with Crippen LogP contribution >= 0.6 is 0 Å². The molecule has 6 nitrogen and oxygen atoms in total. The molecular weight excluding hydrogens is 383 g/mol. The van der Waals surface area contributed by atoms with E-state index in [0.717, 1.165) is 22.3 Å². The summed E-state index contributed by atoms with van der Waals surface area (Å²) in [6.45, 7) is 7.39. The molecule has 30 heavy (non-hydrogen) atoms. The average molecular weight is 410 g/mol. The number of amides is 1. The molecule has 0 saturated carbocycles. The number of halogens is 1. The smallest absolute Gasteiger partial charge is 0.221 e. The zero-order valence-corrected chi connectivity index (χ0v) is 17.5. The van der Waals surface area contributed by atoms with Crippen molar-refractivity contribution in [1.29, 1.82) is 0 Å². The molecule has 0 bridgehead atoms. The van der Waals surface area contributed by atoms with E-state index in [1.807, 2.05) is 29.2 Å². The molecule has 2 N–H and O–H groups in total. The lowest BCUT2D eigenvalue weighted by molar-refractivity contribution is -0.114.